The number of amides is 2. The molecule has 3 heterocycles. The number of carbonyl (C=O) groups is 1. The van der Waals surface area contributed by atoms with Crippen LogP contribution in [-0.2, 0) is 12.1 Å². The number of nitrogens with zero attached hydrogens (tertiary/aromatic N) is 3. The Balaban J connectivity index is 1.55. The first-order valence-corrected chi connectivity index (χ1v) is 7.12. The van der Waals surface area contributed by atoms with Crippen LogP contribution in [0, 0.1) is 0 Å². The quantitative estimate of drug-likeness (QED) is 0.652. The Morgan fingerprint density at radius 3 is 3.00 bits per heavy atom. The zero-order valence-electron chi connectivity index (χ0n) is 12.6. The van der Waals surface area contributed by atoms with E-state index in [0.717, 1.165) is 5.69 Å². The van der Waals surface area contributed by atoms with Crippen molar-refractivity contribution in [2.45, 2.75) is 19.1 Å². The lowest BCUT2D eigenvalue weighted by Crippen LogP contribution is -2.43. The molecule has 0 saturated heterocycles. The molecular formula is C15H17N5O3. The largest absolute Gasteiger partial charge is 0.466 e. The maximum Gasteiger partial charge on any atom is 0.315 e. The number of urea groups is 1. The molecule has 0 aliphatic carbocycles. The number of rotatable bonds is 5. The minimum atomic E-state index is -1.27. The normalized spacial score (nSPS) is 13.7. The first-order valence-electron chi connectivity index (χ1n) is 7.12. The molecule has 23 heavy (non-hydrogen) atoms. The topological polar surface area (TPSA) is 105 Å². The second-order valence-corrected chi connectivity index (χ2v) is 5.32. The molecule has 3 aromatic rings. The zero-order valence-corrected chi connectivity index (χ0v) is 12.6. The molecule has 3 aromatic heterocycles. The molecule has 8 nitrogen and oxygen atoms in total. The summed E-state index contributed by atoms with van der Waals surface area (Å²) < 4.78 is 6.81. The average molecular weight is 315 g/mol. The number of carbonyl (C=O) groups excluding carboxylic acids is 1. The van der Waals surface area contributed by atoms with Crippen molar-refractivity contribution in [3.63, 3.8) is 0 Å². The number of nitrogens with one attached hydrogen (secondary N) is 2. The fourth-order valence-corrected chi connectivity index (χ4v) is 2.18. The fraction of sp³-hybridized carbons (Fsp3) is 0.267. The molecule has 0 bridgehead atoms. The van der Waals surface area contributed by atoms with Gasteiger partial charge in [0, 0.05) is 12.3 Å². The Bertz CT molecular complexity index is 794. The van der Waals surface area contributed by atoms with E-state index in [4.69, 9.17) is 4.42 Å². The lowest BCUT2D eigenvalue weighted by molar-refractivity contribution is 0.0367. The Morgan fingerprint density at radius 2 is 2.22 bits per heavy atom. The summed E-state index contributed by atoms with van der Waals surface area (Å²) in [6.07, 6.45) is 4.78. The summed E-state index contributed by atoms with van der Waals surface area (Å²) in [6.45, 7) is 1.89. The Morgan fingerprint density at radius 1 is 1.35 bits per heavy atom. The van der Waals surface area contributed by atoms with Crippen molar-refractivity contribution in [3.05, 3.63) is 54.4 Å². The first-order chi connectivity index (χ1) is 11.1. The maximum absolute atomic E-state index is 11.9. The molecule has 0 aliphatic rings. The van der Waals surface area contributed by atoms with Crippen LogP contribution in [0.1, 0.15) is 18.4 Å². The molecule has 3 rings (SSSR count). The average Bonchev–Trinajstić information content (AvgIpc) is 3.21. The van der Waals surface area contributed by atoms with Crippen LogP contribution in [0.5, 0.6) is 0 Å². The van der Waals surface area contributed by atoms with Gasteiger partial charge in [-0.1, -0.05) is 0 Å². The highest BCUT2D eigenvalue weighted by Crippen LogP contribution is 2.19. The molecule has 3 N–H and O–H groups in total. The van der Waals surface area contributed by atoms with Crippen LogP contribution in [0.2, 0.25) is 0 Å². The molecule has 1 unspecified atom stereocenters. The van der Waals surface area contributed by atoms with Gasteiger partial charge < -0.3 is 20.2 Å². The van der Waals surface area contributed by atoms with Crippen LogP contribution in [0.4, 0.5) is 4.79 Å². The second-order valence-electron chi connectivity index (χ2n) is 5.32. The van der Waals surface area contributed by atoms with Crippen molar-refractivity contribution in [2.24, 2.45) is 0 Å². The van der Waals surface area contributed by atoms with Crippen molar-refractivity contribution in [3.8, 4) is 0 Å². The van der Waals surface area contributed by atoms with Crippen molar-refractivity contribution < 1.29 is 14.3 Å². The summed E-state index contributed by atoms with van der Waals surface area (Å²) in [6, 6.07) is 6.51. The van der Waals surface area contributed by atoms with Crippen molar-refractivity contribution >= 4 is 11.7 Å². The number of aromatic nitrogens is 3. The third-order valence-electron chi connectivity index (χ3n) is 3.44. The molecule has 0 aliphatic heterocycles. The molecule has 0 saturated carbocycles. The van der Waals surface area contributed by atoms with Crippen LogP contribution in [-0.4, -0.2) is 32.3 Å². The van der Waals surface area contributed by atoms with Crippen LogP contribution < -0.4 is 10.6 Å². The maximum atomic E-state index is 11.9. The Labute approximate surface area is 132 Å². The van der Waals surface area contributed by atoms with E-state index in [9.17, 15) is 9.90 Å². The predicted octanol–water partition coefficient (Wildman–Crippen LogP) is 1.03. The van der Waals surface area contributed by atoms with E-state index in [2.05, 4.69) is 20.7 Å². The second kappa shape index (κ2) is 6.09. The van der Waals surface area contributed by atoms with Gasteiger partial charge in [-0.15, -0.1) is 0 Å². The highest BCUT2D eigenvalue weighted by Gasteiger charge is 2.26. The van der Waals surface area contributed by atoms with E-state index in [1.807, 2.05) is 0 Å². The smallest absolute Gasteiger partial charge is 0.315 e. The van der Waals surface area contributed by atoms with Crippen molar-refractivity contribution in [1.82, 2.24) is 25.2 Å². The van der Waals surface area contributed by atoms with Gasteiger partial charge in [-0.3, -0.25) is 0 Å². The fourth-order valence-electron chi connectivity index (χ4n) is 2.18. The Hall–Kier alpha value is -2.87. The van der Waals surface area contributed by atoms with Gasteiger partial charge in [-0.25, -0.2) is 14.3 Å². The lowest BCUT2D eigenvalue weighted by atomic mass is 10.0. The van der Waals surface area contributed by atoms with Gasteiger partial charge in [0.2, 0.25) is 0 Å². The monoisotopic (exact) mass is 315 g/mol. The summed E-state index contributed by atoms with van der Waals surface area (Å²) in [5, 5.41) is 19.7. The van der Waals surface area contributed by atoms with Gasteiger partial charge in [0.1, 0.15) is 11.4 Å². The van der Waals surface area contributed by atoms with Gasteiger partial charge in [0.25, 0.3) is 0 Å². The minimum Gasteiger partial charge on any atom is -0.466 e. The van der Waals surface area contributed by atoms with Crippen LogP contribution >= 0.6 is 0 Å². The number of fused-ring (bicyclic) bond motifs is 1. The van der Waals surface area contributed by atoms with Gasteiger partial charge >= 0.3 is 6.03 Å². The first kappa shape index (κ1) is 15.0. The van der Waals surface area contributed by atoms with E-state index in [-0.39, 0.29) is 13.1 Å². The molecule has 0 aromatic carbocycles. The molecule has 8 heteroatoms. The van der Waals surface area contributed by atoms with Crippen LogP contribution in [0.3, 0.4) is 0 Å². The minimum absolute atomic E-state index is 0.0277. The van der Waals surface area contributed by atoms with Crippen molar-refractivity contribution in [1.29, 1.82) is 0 Å². The van der Waals surface area contributed by atoms with E-state index in [1.54, 1.807) is 48.1 Å². The Kier molecular flexibility index (Phi) is 3.98. The highest BCUT2D eigenvalue weighted by atomic mass is 16.4. The number of hydrogen-bond donors (Lipinski definition) is 3. The molecular weight excluding hydrogens is 298 g/mol. The number of furan rings is 1. The van der Waals surface area contributed by atoms with Crippen molar-refractivity contribution in [2.75, 3.05) is 6.54 Å². The third kappa shape index (κ3) is 3.32. The molecule has 0 radical (unpaired) electrons. The van der Waals surface area contributed by atoms with E-state index >= 15 is 0 Å². The SMILES string of the molecule is CC(O)(CNC(=O)NCc1ccnc2ccnn12)c1ccco1. The zero-order chi connectivity index (χ0) is 16.3. The third-order valence-corrected chi connectivity index (χ3v) is 3.44. The number of hydrogen-bond acceptors (Lipinski definition) is 5. The molecule has 1 atom stereocenters. The summed E-state index contributed by atoms with van der Waals surface area (Å²) in [4.78, 5) is 16.1. The van der Waals surface area contributed by atoms with Gasteiger partial charge in [-0.05, 0) is 25.1 Å². The van der Waals surface area contributed by atoms with Gasteiger partial charge in [-0.2, -0.15) is 5.10 Å². The summed E-state index contributed by atoms with van der Waals surface area (Å²) in [5.74, 6) is 0.394. The van der Waals surface area contributed by atoms with Gasteiger partial charge in [0.05, 0.1) is 31.2 Å². The number of aliphatic hydroxyl groups is 1. The molecule has 0 fully saturated rings. The summed E-state index contributed by atoms with van der Waals surface area (Å²) in [7, 11) is 0. The highest BCUT2D eigenvalue weighted by molar-refractivity contribution is 5.73. The molecule has 120 valence electrons. The lowest BCUT2D eigenvalue weighted by Gasteiger charge is -2.21. The molecule has 2 amide bonds. The van der Waals surface area contributed by atoms with E-state index < -0.39 is 11.6 Å². The van der Waals surface area contributed by atoms with E-state index in [1.165, 1.54) is 6.26 Å². The standard InChI is InChI=1S/C15H17N5O3/c1-15(22,12-3-2-8-23-12)10-18-14(21)17-9-11-4-6-16-13-5-7-19-20(11)13/h2-8,22H,9-10H2,1H3,(H2,17,18,21). The van der Waals surface area contributed by atoms with Crippen LogP contribution in [0.15, 0.2) is 47.3 Å². The molecule has 0 spiro atoms. The predicted molar refractivity (Wildman–Crippen MR) is 81.5 cm³/mol. The van der Waals surface area contributed by atoms with Gasteiger partial charge in [0.15, 0.2) is 5.65 Å². The summed E-state index contributed by atoms with van der Waals surface area (Å²) in [5.41, 5.74) is 0.241. The van der Waals surface area contributed by atoms with E-state index in [0.29, 0.717) is 11.4 Å². The van der Waals surface area contributed by atoms with Crippen LogP contribution in [0.25, 0.3) is 5.65 Å². The summed E-state index contributed by atoms with van der Waals surface area (Å²) >= 11 is 0.